The molecule has 0 saturated carbocycles. The predicted octanol–water partition coefficient (Wildman–Crippen LogP) is -3.98. The Labute approximate surface area is 45.5 Å². The Morgan fingerprint density at radius 3 is 1.38 bits per heavy atom. The summed E-state index contributed by atoms with van der Waals surface area (Å²) in [6, 6.07) is 0. The van der Waals surface area contributed by atoms with E-state index in [1.165, 1.54) is 5.34 Å². The minimum atomic E-state index is -4.69. The summed E-state index contributed by atoms with van der Waals surface area (Å²) in [7, 11) is -4.69. The summed E-state index contributed by atoms with van der Waals surface area (Å²) in [5, 5.41) is 7.89. The fourth-order valence-corrected chi connectivity index (χ4v) is 0. The van der Waals surface area contributed by atoms with Gasteiger partial charge in [-0.15, -0.1) is 4.91 Å². The van der Waals surface area contributed by atoms with Crippen LogP contribution in [0.1, 0.15) is 0 Å². The molecule has 0 aliphatic rings. The van der Waals surface area contributed by atoms with Crippen LogP contribution in [0.5, 0.6) is 0 Å². The maximum atomic E-state index is 8.60. The van der Waals surface area contributed by atoms with Gasteiger partial charge in [0.25, 0.3) is 0 Å². The van der Waals surface area contributed by atoms with Crippen LogP contribution in [0.4, 0.5) is 0 Å². The highest BCUT2D eigenvalue weighted by Gasteiger charge is 1.98. The summed E-state index contributed by atoms with van der Waals surface area (Å²) in [5.74, 6) is 0. The second kappa shape index (κ2) is 4.68. The normalized spacial score (nSPS) is 9.00. The van der Waals surface area contributed by atoms with Gasteiger partial charge in [0.15, 0.2) is 5.34 Å². The molecule has 0 heterocycles. The van der Waals surface area contributed by atoms with E-state index < -0.39 is 10.2 Å². The highest BCUT2D eigenvalue weighted by Crippen LogP contribution is 1.60. The maximum Gasteiger partial charge on any atom is 0.152 e. The molecule has 0 aliphatic carbocycles. The van der Waals surface area contributed by atoms with Gasteiger partial charge in [0.05, 0.1) is 14.9 Å². The summed E-state index contributed by atoms with van der Waals surface area (Å²) in [6.07, 6.45) is 0. The molecule has 0 aliphatic heterocycles. The number of hydrogen-bond donors (Lipinski definition) is 2. The zero-order valence-electron chi connectivity index (χ0n) is 3.35. The lowest BCUT2D eigenvalue weighted by molar-refractivity contribution is -1.92. The van der Waals surface area contributed by atoms with E-state index in [1.807, 2.05) is 0 Å². The van der Waals surface area contributed by atoms with Gasteiger partial charge >= 0.3 is 0 Å². The highest BCUT2D eigenvalue weighted by molar-refractivity contribution is 3.83. The fourth-order valence-electron chi connectivity index (χ4n) is 0. The Morgan fingerprint density at radius 1 is 1.38 bits per heavy atom. The number of nitrogens with zero attached hydrogens (tertiary/aromatic N) is 1. The van der Waals surface area contributed by atoms with Crippen molar-refractivity contribution in [2.24, 2.45) is 5.34 Å². The molecule has 0 spiro atoms. The average molecular weight is 147 g/mol. The molecule has 0 atom stereocenters. The Bertz CT molecular complexity index is 48.0. The molecule has 2 N–H and O–H groups in total. The molecule has 7 nitrogen and oxygen atoms in total. The monoisotopic (exact) mass is 147 g/mol. The van der Waals surface area contributed by atoms with Crippen molar-refractivity contribution in [1.82, 2.24) is 0 Å². The van der Waals surface area contributed by atoms with Gasteiger partial charge in [-0.25, -0.2) is 0 Å². The third-order valence-corrected chi connectivity index (χ3v) is 0. The van der Waals surface area contributed by atoms with E-state index >= 15 is 0 Å². The van der Waals surface area contributed by atoms with E-state index in [2.05, 4.69) is 0 Å². The van der Waals surface area contributed by atoms with Gasteiger partial charge in [-0.05, 0) is 0 Å². The molecule has 0 radical (unpaired) electrons. The second-order valence-corrected chi connectivity index (χ2v) is 1.27. The number of halogens is 1. The molecule has 0 aromatic heterocycles. The van der Waals surface area contributed by atoms with Crippen LogP contribution in [0.15, 0.2) is 5.34 Å². The molecular weight excluding hydrogens is 145 g/mol. The van der Waals surface area contributed by atoms with Crippen LogP contribution in [0.2, 0.25) is 0 Å². The minimum Gasteiger partial charge on any atom is -0.379 e. The van der Waals surface area contributed by atoms with Crippen molar-refractivity contribution < 1.29 is 34.1 Å². The van der Waals surface area contributed by atoms with Crippen molar-refractivity contribution in [2.45, 2.75) is 0 Å². The largest absolute Gasteiger partial charge is 0.379 e. The number of rotatable bonds is 0. The Kier molecular flexibility index (Phi) is 6.15. The van der Waals surface area contributed by atoms with Gasteiger partial charge in [0, 0.05) is 0 Å². The van der Waals surface area contributed by atoms with Crippen LogP contribution in [0, 0.1) is 15.2 Å². The van der Waals surface area contributed by atoms with Crippen molar-refractivity contribution in [3.63, 3.8) is 0 Å². The van der Waals surface area contributed by atoms with E-state index in [0.29, 0.717) is 0 Å². The Balaban J connectivity index is 0. The smallest absolute Gasteiger partial charge is 0.152 e. The average Bonchev–Trinajstić information content (AvgIpc) is 1.27. The molecule has 0 aromatic carbocycles. The maximum absolute atomic E-state index is 8.60. The molecule has 0 fully saturated rings. The Hall–Kier alpha value is -0.470. The van der Waals surface area contributed by atoms with E-state index in [1.54, 1.807) is 0 Å². The van der Waals surface area contributed by atoms with Crippen LogP contribution in [-0.4, -0.2) is 9.87 Å². The molecule has 0 unspecified atom stereocenters. The summed E-state index contributed by atoms with van der Waals surface area (Å²) >= 11 is 0. The van der Waals surface area contributed by atoms with Crippen LogP contribution < -0.4 is 14.0 Å². The predicted molar refractivity (Wildman–Crippen MR) is 9.80 cm³/mol. The zero-order chi connectivity index (χ0) is 7.21. The molecule has 0 saturated heterocycles. The first-order valence-corrected chi connectivity index (χ1v) is 2.28. The van der Waals surface area contributed by atoms with E-state index in [-0.39, 0.29) is 0 Å². The SMILES string of the molecule is O=NO.[O-][Cl+3]([O-])([O-])O. The van der Waals surface area contributed by atoms with Gasteiger partial charge in [-0.2, -0.15) is 14.0 Å². The summed E-state index contributed by atoms with van der Waals surface area (Å²) in [4.78, 5) is 8.11. The van der Waals surface area contributed by atoms with E-state index in [9.17, 15) is 0 Å². The van der Waals surface area contributed by atoms with Crippen molar-refractivity contribution in [1.29, 1.82) is 0 Å². The Morgan fingerprint density at radius 2 is 1.38 bits per heavy atom. The second-order valence-electron chi connectivity index (χ2n) is 0.478. The summed E-state index contributed by atoms with van der Waals surface area (Å²) < 4.78 is 32.7. The number of hydrogen-bond acceptors (Lipinski definition) is 6. The van der Waals surface area contributed by atoms with Crippen molar-refractivity contribution in [2.75, 3.05) is 0 Å². The lowest BCUT2D eigenvalue weighted by Crippen LogP contribution is -2.58. The van der Waals surface area contributed by atoms with Crippen LogP contribution >= 0.6 is 0 Å². The lowest BCUT2D eigenvalue weighted by atomic mass is 13.4. The third-order valence-electron chi connectivity index (χ3n) is 0. The van der Waals surface area contributed by atoms with Gasteiger partial charge in [0.1, 0.15) is 0 Å². The molecule has 50 valence electrons. The molecule has 0 aromatic rings. The fraction of sp³-hybridized carbons (Fsp3) is 0. The third kappa shape index (κ3) is 514. The van der Waals surface area contributed by atoms with Gasteiger partial charge in [-0.3, -0.25) is 0 Å². The molecule has 0 bridgehead atoms. The topological polar surface area (TPSA) is 139 Å². The summed E-state index contributed by atoms with van der Waals surface area (Å²) in [5.41, 5.74) is 0. The first-order valence-electron chi connectivity index (χ1n) is 1.01. The lowest BCUT2D eigenvalue weighted by Gasteiger charge is -2.03. The van der Waals surface area contributed by atoms with Gasteiger partial charge in [0.2, 0.25) is 0 Å². The van der Waals surface area contributed by atoms with Crippen LogP contribution in [0.3, 0.4) is 0 Å². The molecule has 8 heteroatoms. The van der Waals surface area contributed by atoms with Crippen LogP contribution in [0.25, 0.3) is 0 Å². The molecule has 0 amide bonds. The standard InChI is InChI=1S/ClHO4.HNO2/c2-1(3,4)5;2-1-3/h(H,2,3,4,5);(H,2,3). The van der Waals surface area contributed by atoms with Crippen molar-refractivity contribution >= 4 is 0 Å². The van der Waals surface area contributed by atoms with Crippen LogP contribution in [-0.2, 0) is 0 Å². The minimum absolute atomic E-state index is 1.25. The quantitative estimate of drug-likeness (QED) is 0.265. The highest BCUT2D eigenvalue weighted by atomic mass is 35.7. The summed E-state index contributed by atoms with van der Waals surface area (Å²) in [6.45, 7) is 0. The van der Waals surface area contributed by atoms with Crippen molar-refractivity contribution in [3.8, 4) is 0 Å². The van der Waals surface area contributed by atoms with Gasteiger partial charge < -0.3 is 5.21 Å². The first-order chi connectivity index (χ1) is 3.41. The van der Waals surface area contributed by atoms with Gasteiger partial charge in [-0.1, -0.05) is 0 Å². The molecular formula is H2ClNO6. The van der Waals surface area contributed by atoms with E-state index in [4.69, 9.17) is 28.8 Å². The molecule has 0 rings (SSSR count). The van der Waals surface area contributed by atoms with E-state index in [0.717, 1.165) is 0 Å². The first kappa shape index (κ1) is 10.5. The molecule has 8 heavy (non-hydrogen) atoms. The van der Waals surface area contributed by atoms with Crippen molar-refractivity contribution in [3.05, 3.63) is 4.91 Å². The zero-order valence-corrected chi connectivity index (χ0v) is 4.11.